The highest BCUT2D eigenvalue weighted by molar-refractivity contribution is 5.65. The lowest BCUT2D eigenvalue weighted by molar-refractivity contribution is -0.140. The van der Waals surface area contributed by atoms with Crippen LogP contribution in [0.2, 0.25) is 0 Å². The van der Waals surface area contributed by atoms with Crippen molar-refractivity contribution in [1.29, 1.82) is 0 Å². The molecule has 10 heteroatoms. The predicted octanol–water partition coefficient (Wildman–Crippen LogP) is 3.05. The number of halogens is 3. The highest BCUT2D eigenvalue weighted by atomic mass is 19.4. The van der Waals surface area contributed by atoms with E-state index in [2.05, 4.69) is 19.9 Å². The van der Waals surface area contributed by atoms with Gasteiger partial charge in [0.25, 0.3) is 0 Å². The Bertz CT molecular complexity index is 1050. The zero-order valence-corrected chi connectivity index (χ0v) is 15.9. The molecule has 152 valence electrons. The number of piperazine rings is 1. The van der Waals surface area contributed by atoms with E-state index in [1.54, 1.807) is 0 Å². The van der Waals surface area contributed by atoms with Crippen LogP contribution in [0.4, 0.5) is 24.8 Å². The topological polar surface area (TPSA) is 62.5 Å². The summed E-state index contributed by atoms with van der Waals surface area (Å²) in [5, 5.41) is 0. The number of alkyl halides is 3. The van der Waals surface area contributed by atoms with Crippen LogP contribution in [0.3, 0.4) is 0 Å². The number of hydrogen-bond acceptors (Lipinski definition) is 6. The molecule has 5 rings (SSSR count). The molecule has 0 N–H and O–H groups in total. The van der Waals surface area contributed by atoms with Crippen LogP contribution in [-0.4, -0.2) is 50.5 Å². The zero-order valence-electron chi connectivity index (χ0n) is 15.9. The van der Waals surface area contributed by atoms with Gasteiger partial charge in [-0.1, -0.05) is 0 Å². The first kappa shape index (κ1) is 18.1. The van der Waals surface area contributed by atoms with Gasteiger partial charge >= 0.3 is 6.18 Å². The number of aromatic nitrogens is 5. The second-order valence-electron chi connectivity index (χ2n) is 7.58. The molecule has 0 amide bonds. The van der Waals surface area contributed by atoms with Gasteiger partial charge in [-0.05, 0) is 19.8 Å². The maximum Gasteiger partial charge on any atom is 0.434 e. The van der Waals surface area contributed by atoms with Crippen LogP contribution >= 0.6 is 0 Å². The third-order valence-corrected chi connectivity index (χ3v) is 5.35. The summed E-state index contributed by atoms with van der Waals surface area (Å²) in [7, 11) is 0. The first-order valence-corrected chi connectivity index (χ1v) is 9.65. The molecule has 7 nitrogen and oxygen atoms in total. The lowest BCUT2D eigenvalue weighted by Crippen LogP contribution is -2.47. The normalized spacial score (nSPS) is 17.9. The Balaban J connectivity index is 1.36. The maximum atomic E-state index is 13.0. The van der Waals surface area contributed by atoms with E-state index in [1.165, 1.54) is 16.8 Å². The minimum absolute atomic E-state index is 0.224. The average Bonchev–Trinajstić information content (AvgIpc) is 3.44. The lowest BCUT2D eigenvalue weighted by atomic mass is 10.3. The smallest absolute Gasteiger partial charge is 0.353 e. The third-order valence-electron chi connectivity index (χ3n) is 5.35. The van der Waals surface area contributed by atoms with Crippen LogP contribution < -0.4 is 9.80 Å². The van der Waals surface area contributed by atoms with Gasteiger partial charge in [0.05, 0.1) is 0 Å². The highest BCUT2D eigenvalue weighted by Gasteiger charge is 2.35. The summed E-state index contributed by atoms with van der Waals surface area (Å²) in [6.07, 6.45) is 1.81. The van der Waals surface area contributed by atoms with Crippen molar-refractivity contribution in [3.05, 3.63) is 41.9 Å². The SMILES string of the molecule is Cc1cc(N2CCN(c3nccn4cc(C(F)(F)F)nc34)CC2)nc(C2CC2)n1. The van der Waals surface area contributed by atoms with Crippen molar-refractivity contribution < 1.29 is 13.2 Å². The fourth-order valence-electron chi connectivity index (χ4n) is 3.67. The Morgan fingerprint density at radius 1 is 1.00 bits per heavy atom. The number of hydrogen-bond donors (Lipinski definition) is 0. The molecule has 0 atom stereocenters. The molecule has 1 saturated carbocycles. The number of nitrogens with zero attached hydrogens (tertiary/aromatic N) is 7. The maximum absolute atomic E-state index is 13.0. The van der Waals surface area contributed by atoms with Gasteiger partial charge in [-0.15, -0.1) is 0 Å². The molecule has 4 heterocycles. The van der Waals surface area contributed by atoms with Gasteiger partial charge in [-0.25, -0.2) is 19.9 Å². The molecule has 1 saturated heterocycles. The van der Waals surface area contributed by atoms with E-state index in [0.717, 1.165) is 36.4 Å². The second kappa shape index (κ2) is 6.57. The summed E-state index contributed by atoms with van der Waals surface area (Å²) in [6.45, 7) is 4.64. The van der Waals surface area contributed by atoms with Crippen molar-refractivity contribution in [2.75, 3.05) is 36.0 Å². The molecule has 0 spiro atoms. The Labute approximate surface area is 165 Å². The summed E-state index contributed by atoms with van der Waals surface area (Å²) in [5.74, 6) is 2.80. The third kappa shape index (κ3) is 3.47. The number of rotatable bonds is 3. The summed E-state index contributed by atoms with van der Waals surface area (Å²) in [4.78, 5) is 21.6. The van der Waals surface area contributed by atoms with E-state index in [-0.39, 0.29) is 5.65 Å². The predicted molar refractivity (Wildman–Crippen MR) is 101 cm³/mol. The monoisotopic (exact) mass is 403 g/mol. The molecule has 1 aliphatic heterocycles. The molecular formula is C19H20F3N7. The molecule has 0 radical (unpaired) electrons. The van der Waals surface area contributed by atoms with Gasteiger partial charge in [0, 0.05) is 62.4 Å². The number of aryl methyl sites for hydroxylation is 1. The fraction of sp³-hybridized carbons (Fsp3) is 0.474. The summed E-state index contributed by atoms with van der Waals surface area (Å²) in [6, 6.07) is 1.99. The largest absolute Gasteiger partial charge is 0.434 e. The Hall–Kier alpha value is -2.91. The van der Waals surface area contributed by atoms with E-state index >= 15 is 0 Å². The molecule has 2 aliphatic rings. The van der Waals surface area contributed by atoms with Crippen molar-refractivity contribution in [2.45, 2.75) is 31.9 Å². The molecule has 3 aromatic heterocycles. The Morgan fingerprint density at radius 2 is 1.72 bits per heavy atom. The number of fused-ring (bicyclic) bond motifs is 1. The quantitative estimate of drug-likeness (QED) is 0.670. The summed E-state index contributed by atoms with van der Waals surface area (Å²) in [5.41, 5.74) is 0.277. The molecule has 0 unspecified atom stereocenters. The van der Waals surface area contributed by atoms with E-state index in [0.29, 0.717) is 37.9 Å². The number of imidazole rings is 1. The molecule has 3 aromatic rings. The number of anilines is 2. The van der Waals surface area contributed by atoms with Gasteiger partial charge in [0.15, 0.2) is 17.2 Å². The molecule has 2 fully saturated rings. The van der Waals surface area contributed by atoms with Gasteiger partial charge in [-0.3, -0.25) is 0 Å². The van der Waals surface area contributed by atoms with Crippen LogP contribution in [0.1, 0.15) is 36.0 Å². The van der Waals surface area contributed by atoms with E-state index < -0.39 is 11.9 Å². The first-order valence-electron chi connectivity index (χ1n) is 9.65. The van der Waals surface area contributed by atoms with Gasteiger partial charge in [-0.2, -0.15) is 13.2 Å². The lowest BCUT2D eigenvalue weighted by Gasteiger charge is -2.36. The Kier molecular flexibility index (Phi) is 4.11. The molecule has 0 aromatic carbocycles. The van der Waals surface area contributed by atoms with E-state index in [9.17, 15) is 13.2 Å². The van der Waals surface area contributed by atoms with Crippen molar-refractivity contribution in [3.63, 3.8) is 0 Å². The van der Waals surface area contributed by atoms with Crippen LogP contribution in [-0.2, 0) is 6.18 Å². The molecule has 29 heavy (non-hydrogen) atoms. The van der Waals surface area contributed by atoms with E-state index in [1.807, 2.05) is 17.9 Å². The second-order valence-corrected chi connectivity index (χ2v) is 7.58. The minimum atomic E-state index is -4.48. The minimum Gasteiger partial charge on any atom is -0.353 e. The fourth-order valence-corrected chi connectivity index (χ4v) is 3.67. The van der Waals surface area contributed by atoms with Gasteiger partial charge in [0.2, 0.25) is 0 Å². The van der Waals surface area contributed by atoms with Crippen molar-refractivity contribution in [1.82, 2.24) is 24.3 Å². The molecule has 0 bridgehead atoms. The summed E-state index contributed by atoms with van der Waals surface area (Å²) < 4.78 is 40.5. The van der Waals surface area contributed by atoms with Crippen molar-refractivity contribution >= 4 is 17.3 Å². The average molecular weight is 403 g/mol. The first-order chi connectivity index (χ1) is 13.9. The van der Waals surface area contributed by atoms with Crippen LogP contribution in [0.15, 0.2) is 24.7 Å². The van der Waals surface area contributed by atoms with Crippen LogP contribution in [0.25, 0.3) is 5.65 Å². The van der Waals surface area contributed by atoms with Crippen molar-refractivity contribution in [2.24, 2.45) is 0 Å². The zero-order chi connectivity index (χ0) is 20.2. The Morgan fingerprint density at radius 3 is 2.41 bits per heavy atom. The summed E-state index contributed by atoms with van der Waals surface area (Å²) >= 11 is 0. The van der Waals surface area contributed by atoms with Gasteiger partial charge < -0.3 is 14.2 Å². The van der Waals surface area contributed by atoms with Gasteiger partial charge in [0.1, 0.15) is 11.6 Å². The van der Waals surface area contributed by atoms with E-state index in [4.69, 9.17) is 4.98 Å². The molecular weight excluding hydrogens is 383 g/mol. The standard InChI is InChI=1S/C19H20F3N7/c1-12-10-15(26-16(24-12)13-2-3-13)27-6-8-28(9-7-27)17-18-25-14(19(20,21)22)11-29(18)5-4-23-17/h4-5,10-11,13H,2-3,6-9H2,1H3. The highest BCUT2D eigenvalue weighted by Crippen LogP contribution is 2.38. The molecule has 1 aliphatic carbocycles. The van der Waals surface area contributed by atoms with Crippen LogP contribution in [0, 0.1) is 6.92 Å². The van der Waals surface area contributed by atoms with Crippen LogP contribution in [0.5, 0.6) is 0 Å². The van der Waals surface area contributed by atoms with Crippen molar-refractivity contribution in [3.8, 4) is 0 Å².